The number of ether oxygens (including phenoxy) is 3. The number of nitrogens with one attached hydrogen (secondary N) is 1. The lowest BCUT2D eigenvalue weighted by Crippen LogP contribution is -2.17. The number of carbonyl (C=O) groups is 1. The maximum atomic E-state index is 12.5. The summed E-state index contributed by atoms with van der Waals surface area (Å²) in [5.41, 5.74) is 5.96. The van der Waals surface area contributed by atoms with Gasteiger partial charge in [-0.25, -0.2) is 5.43 Å². The molecule has 0 aliphatic carbocycles. The number of hydrazone groups is 1. The molecule has 0 saturated heterocycles. The number of hydrogen-bond acceptors (Lipinski definition) is 5. The maximum Gasteiger partial charge on any atom is 0.271 e. The van der Waals surface area contributed by atoms with Gasteiger partial charge in [0.2, 0.25) is 0 Å². The van der Waals surface area contributed by atoms with Crippen molar-refractivity contribution in [2.45, 2.75) is 20.5 Å². The molecule has 7 heteroatoms. The molecule has 1 amide bonds. The fourth-order valence-corrected chi connectivity index (χ4v) is 3.29. The number of rotatable bonds is 9. The molecule has 0 aliphatic heterocycles. The van der Waals surface area contributed by atoms with Crippen molar-refractivity contribution in [2.75, 3.05) is 13.7 Å². The monoisotopic (exact) mass is 496 g/mol. The van der Waals surface area contributed by atoms with E-state index < -0.39 is 0 Å². The first-order valence-corrected chi connectivity index (χ1v) is 10.9. The molecule has 3 rings (SSSR count). The molecule has 0 fully saturated rings. The molecule has 0 atom stereocenters. The van der Waals surface area contributed by atoms with Crippen molar-refractivity contribution in [1.82, 2.24) is 5.43 Å². The van der Waals surface area contributed by atoms with E-state index in [1.165, 1.54) is 5.56 Å². The van der Waals surface area contributed by atoms with Crippen molar-refractivity contribution >= 4 is 28.1 Å². The first-order valence-electron chi connectivity index (χ1n) is 10.1. The highest BCUT2D eigenvalue weighted by Crippen LogP contribution is 2.28. The lowest BCUT2D eigenvalue weighted by molar-refractivity contribution is 0.0954. The minimum Gasteiger partial charge on any atom is -0.493 e. The SMILES string of the molecule is CCOc1cc(C(=O)N/N=C/c2cc(Br)ccc2OCc2ccc(C)cc2)ccc1OC. The fraction of sp³-hybridized carbons (Fsp3) is 0.200. The summed E-state index contributed by atoms with van der Waals surface area (Å²) < 4.78 is 17.6. The fourth-order valence-electron chi connectivity index (χ4n) is 2.91. The molecule has 1 N–H and O–H groups in total. The summed E-state index contributed by atoms with van der Waals surface area (Å²) >= 11 is 3.46. The van der Waals surface area contributed by atoms with Crippen molar-refractivity contribution in [3.05, 3.63) is 87.4 Å². The van der Waals surface area contributed by atoms with Crippen LogP contribution in [0.15, 0.2) is 70.2 Å². The first-order chi connectivity index (χ1) is 15.5. The highest BCUT2D eigenvalue weighted by Gasteiger charge is 2.11. The van der Waals surface area contributed by atoms with Gasteiger partial charge in [0.15, 0.2) is 11.5 Å². The number of aryl methyl sites for hydroxylation is 1. The van der Waals surface area contributed by atoms with E-state index in [4.69, 9.17) is 14.2 Å². The number of hydrogen-bond donors (Lipinski definition) is 1. The third kappa shape index (κ3) is 6.34. The quantitative estimate of drug-likeness (QED) is 0.313. The van der Waals surface area contributed by atoms with E-state index in [0.29, 0.717) is 36.0 Å². The zero-order valence-electron chi connectivity index (χ0n) is 18.2. The molecule has 3 aromatic rings. The maximum absolute atomic E-state index is 12.5. The number of amides is 1. The minimum atomic E-state index is -0.359. The second-order valence-electron chi connectivity index (χ2n) is 6.95. The van der Waals surface area contributed by atoms with Gasteiger partial charge in [0.1, 0.15) is 12.4 Å². The molecule has 0 saturated carbocycles. The lowest BCUT2D eigenvalue weighted by atomic mass is 10.1. The number of halogens is 1. The first kappa shape index (κ1) is 23.3. The number of benzene rings is 3. The van der Waals surface area contributed by atoms with Gasteiger partial charge in [0.05, 0.1) is 19.9 Å². The average molecular weight is 497 g/mol. The normalized spacial score (nSPS) is 10.8. The van der Waals surface area contributed by atoms with Gasteiger partial charge in [-0.05, 0) is 55.8 Å². The molecule has 0 heterocycles. The van der Waals surface area contributed by atoms with Crippen molar-refractivity contribution in [2.24, 2.45) is 5.10 Å². The molecule has 32 heavy (non-hydrogen) atoms. The molecule has 6 nitrogen and oxygen atoms in total. The molecular formula is C25H25BrN2O4. The summed E-state index contributed by atoms with van der Waals surface area (Å²) in [6, 6.07) is 18.8. The Morgan fingerprint density at radius 2 is 1.75 bits per heavy atom. The van der Waals surface area contributed by atoms with Crippen LogP contribution >= 0.6 is 15.9 Å². The molecule has 166 valence electrons. The second kappa shape index (κ2) is 11.3. The summed E-state index contributed by atoms with van der Waals surface area (Å²) in [4.78, 5) is 12.5. The van der Waals surface area contributed by atoms with Gasteiger partial charge >= 0.3 is 0 Å². The Bertz CT molecular complexity index is 1100. The number of nitrogens with zero attached hydrogens (tertiary/aromatic N) is 1. The Hall–Kier alpha value is -3.32. The van der Waals surface area contributed by atoms with Gasteiger partial charge in [-0.1, -0.05) is 45.8 Å². The Kier molecular flexibility index (Phi) is 8.27. The van der Waals surface area contributed by atoms with Gasteiger partial charge in [-0.2, -0.15) is 5.10 Å². The molecule has 0 unspecified atom stereocenters. The van der Waals surface area contributed by atoms with Crippen LogP contribution in [0.25, 0.3) is 0 Å². The van der Waals surface area contributed by atoms with Crippen LogP contribution in [0.2, 0.25) is 0 Å². The predicted octanol–water partition coefficient (Wildman–Crippen LogP) is 5.51. The van der Waals surface area contributed by atoms with Crippen LogP contribution in [0.1, 0.15) is 34.0 Å². The third-order valence-corrected chi connectivity index (χ3v) is 5.08. The number of methoxy groups -OCH3 is 1. The van der Waals surface area contributed by atoms with Crippen LogP contribution in [-0.2, 0) is 6.61 Å². The van der Waals surface area contributed by atoms with Crippen molar-refractivity contribution < 1.29 is 19.0 Å². The van der Waals surface area contributed by atoms with Crippen LogP contribution in [0.3, 0.4) is 0 Å². The van der Waals surface area contributed by atoms with E-state index >= 15 is 0 Å². The zero-order valence-corrected chi connectivity index (χ0v) is 19.8. The average Bonchev–Trinajstić information content (AvgIpc) is 2.79. The van der Waals surface area contributed by atoms with Crippen molar-refractivity contribution in [3.8, 4) is 17.2 Å². The Balaban J connectivity index is 1.69. The number of carbonyl (C=O) groups excluding carboxylic acids is 1. The molecule has 3 aromatic carbocycles. The summed E-state index contributed by atoms with van der Waals surface area (Å²) in [7, 11) is 1.55. The van der Waals surface area contributed by atoms with E-state index in [1.54, 1.807) is 31.5 Å². The van der Waals surface area contributed by atoms with Gasteiger partial charge < -0.3 is 14.2 Å². The van der Waals surface area contributed by atoms with E-state index in [9.17, 15) is 4.79 Å². The van der Waals surface area contributed by atoms with E-state index in [-0.39, 0.29) is 5.91 Å². The van der Waals surface area contributed by atoms with E-state index in [0.717, 1.165) is 15.6 Å². The lowest BCUT2D eigenvalue weighted by Gasteiger charge is -2.11. The standard InChI is InChI=1S/C25H25BrN2O4/c1-4-31-24-14-19(9-11-23(24)30-3)25(29)28-27-15-20-13-21(26)10-12-22(20)32-16-18-7-5-17(2)6-8-18/h5-15H,4,16H2,1-3H3,(H,28,29)/b27-15+. The van der Waals surface area contributed by atoms with Crippen LogP contribution < -0.4 is 19.6 Å². The van der Waals surface area contributed by atoms with Crippen molar-refractivity contribution in [1.29, 1.82) is 0 Å². The van der Waals surface area contributed by atoms with Gasteiger partial charge in [-0.15, -0.1) is 0 Å². The van der Waals surface area contributed by atoms with Crippen LogP contribution in [-0.4, -0.2) is 25.8 Å². The van der Waals surface area contributed by atoms with Gasteiger partial charge in [0.25, 0.3) is 5.91 Å². The third-order valence-electron chi connectivity index (χ3n) is 4.58. The van der Waals surface area contributed by atoms with E-state index in [1.807, 2.05) is 56.3 Å². The smallest absolute Gasteiger partial charge is 0.271 e. The second-order valence-corrected chi connectivity index (χ2v) is 7.87. The molecule has 0 aliphatic rings. The molecule has 0 aromatic heterocycles. The summed E-state index contributed by atoms with van der Waals surface area (Å²) in [5.74, 6) is 1.37. The molecule has 0 spiro atoms. The Labute approximate surface area is 196 Å². The van der Waals surface area contributed by atoms with Crippen LogP contribution in [0.4, 0.5) is 0 Å². The van der Waals surface area contributed by atoms with Crippen molar-refractivity contribution in [3.63, 3.8) is 0 Å². The van der Waals surface area contributed by atoms with Crippen LogP contribution in [0, 0.1) is 6.92 Å². The largest absolute Gasteiger partial charge is 0.493 e. The predicted molar refractivity (Wildman–Crippen MR) is 129 cm³/mol. The molecule has 0 bridgehead atoms. The van der Waals surface area contributed by atoms with Gasteiger partial charge in [0, 0.05) is 15.6 Å². The summed E-state index contributed by atoms with van der Waals surface area (Å²) in [6.45, 7) is 4.81. The Morgan fingerprint density at radius 1 is 1.00 bits per heavy atom. The highest BCUT2D eigenvalue weighted by molar-refractivity contribution is 9.10. The zero-order chi connectivity index (χ0) is 22.9. The minimum absolute atomic E-state index is 0.359. The Morgan fingerprint density at radius 3 is 2.47 bits per heavy atom. The molecular weight excluding hydrogens is 472 g/mol. The topological polar surface area (TPSA) is 69.2 Å². The molecule has 0 radical (unpaired) electrons. The highest BCUT2D eigenvalue weighted by atomic mass is 79.9. The summed E-state index contributed by atoms with van der Waals surface area (Å²) in [6.07, 6.45) is 1.56. The van der Waals surface area contributed by atoms with E-state index in [2.05, 4.69) is 26.5 Å². The summed E-state index contributed by atoms with van der Waals surface area (Å²) in [5, 5.41) is 4.11. The van der Waals surface area contributed by atoms with Crippen LogP contribution in [0.5, 0.6) is 17.2 Å². The van der Waals surface area contributed by atoms with Gasteiger partial charge in [-0.3, -0.25) is 4.79 Å².